The lowest BCUT2D eigenvalue weighted by Crippen LogP contribution is -2.26. The number of methoxy groups -OCH3 is 1. The largest absolute Gasteiger partial charge is 0.496 e. The maximum absolute atomic E-state index is 12.5. The molecule has 0 aliphatic rings. The van der Waals surface area contributed by atoms with E-state index in [4.69, 9.17) is 4.74 Å². The maximum atomic E-state index is 12.5. The number of sulfonamides is 1. The molecule has 1 N–H and O–H groups in total. The summed E-state index contributed by atoms with van der Waals surface area (Å²) in [7, 11) is -2.07. The number of rotatable bonds is 6. The number of hydrogen-bond acceptors (Lipinski definition) is 3. The Kier molecular flexibility index (Phi) is 5.84. The Morgan fingerprint density at radius 2 is 1.83 bits per heavy atom. The third-order valence-electron chi connectivity index (χ3n) is 3.65. The van der Waals surface area contributed by atoms with Gasteiger partial charge in [-0.2, -0.15) is 0 Å². The van der Waals surface area contributed by atoms with Crippen molar-refractivity contribution in [1.82, 2.24) is 4.72 Å². The van der Waals surface area contributed by atoms with Gasteiger partial charge in [-0.25, -0.2) is 13.1 Å². The van der Waals surface area contributed by atoms with Gasteiger partial charge in [0.25, 0.3) is 0 Å². The van der Waals surface area contributed by atoms with E-state index in [1.54, 1.807) is 6.07 Å². The molecule has 2 aromatic rings. The first-order chi connectivity index (χ1) is 10.9. The summed E-state index contributed by atoms with van der Waals surface area (Å²) < 4.78 is 33.5. The quantitative estimate of drug-likeness (QED) is 0.799. The minimum Gasteiger partial charge on any atom is -0.496 e. The topological polar surface area (TPSA) is 55.4 Å². The lowest BCUT2D eigenvalue weighted by atomic mass is 10.1. The molecule has 0 bridgehead atoms. The summed E-state index contributed by atoms with van der Waals surface area (Å²) >= 11 is 3.31. The SMILES string of the molecule is CCc1ccc([C@H](C)NS(=O)(=O)c2ccc(OC)c(Br)c2)cc1. The van der Waals surface area contributed by atoms with E-state index in [-0.39, 0.29) is 10.9 Å². The van der Waals surface area contributed by atoms with Crippen molar-refractivity contribution >= 4 is 26.0 Å². The molecule has 0 aliphatic carbocycles. The van der Waals surface area contributed by atoms with Crippen molar-refractivity contribution in [2.24, 2.45) is 0 Å². The number of ether oxygens (including phenoxy) is 1. The number of aryl methyl sites for hydroxylation is 1. The molecule has 2 aromatic carbocycles. The average Bonchev–Trinajstić information content (AvgIpc) is 2.54. The third kappa shape index (κ3) is 4.34. The van der Waals surface area contributed by atoms with Crippen LogP contribution < -0.4 is 9.46 Å². The van der Waals surface area contributed by atoms with E-state index < -0.39 is 10.0 Å². The van der Waals surface area contributed by atoms with Crippen molar-refractivity contribution in [2.75, 3.05) is 7.11 Å². The van der Waals surface area contributed by atoms with Crippen molar-refractivity contribution in [3.8, 4) is 5.75 Å². The fraction of sp³-hybridized carbons (Fsp3) is 0.294. The summed E-state index contributed by atoms with van der Waals surface area (Å²) in [6.45, 7) is 3.92. The monoisotopic (exact) mass is 397 g/mol. The van der Waals surface area contributed by atoms with E-state index in [0.717, 1.165) is 12.0 Å². The summed E-state index contributed by atoms with van der Waals surface area (Å²) in [4.78, 5) is 0.196. The van der Waals surface area contributed by atoms with Gasteiger partial charge in [-0.1, -0.05) is 31.2 Å². The first kappa shape index (κ1) is 18.0. The second-order valence-corrected chi connectivity index (χ2v) is 7.80. The van der Waals surface area contributed by atoms with Gasteiger partial charge in [0.15, 0.2) is 0 Å². The van der Waals surface area contributed by atoms with Crippen LogP contribution in [0.5, 0.6) is 5.75 Å². The number of benzene rings is 2. The highest BCUT2D eigenvalue weighted by Crippen LogP contribution is 2.28. The summed E-state index contributed by atoms with van der Waals surface area (Å²) in [6.07, 6.45) is 0.959. The Labute approximate surface area is 146 Å². The fourth-order valence-electron chi connectivity index (χ4n) is 2.23. The average molecular weight is 398 g/mol. The van der Waals surface area contributed by atoms with Crippen LogP contribution in [0.2, 0.25) is 0 Å². The molecule has 1 atom stereocenters. The van der Waals surface area contributed by atoms with Crippen LogP contribution in [0.3, 0.4) is 0 Å². The van der Waals surface area contributed by atoms with Crippen molar-refractivity contribution in [3.63, 3.8) is 0 Å². The van der Waals surface area contributed by atoms with Gasteiger partial charge in [-0.05, 0) is 58.6 Å². The van der Waals surface area contributed by atoms with E-state index in [1.807, 2.05) is 31.2 Å². The molecule has 0 spiro atoms. The highest BCUT2D eigenvalue weighted by molar-refractivity contribution is 9.10. The molecule has 0 saturated carbocycles. The molecular weight excluding hydrogens is 378 g/mol. The lowest BCUT2D eigenvalue weighted by Gasteiger charge is -2.15. The molecule has 0 fully saturated rings. The highest BCUT2D eigenvalue weighted by atomic mass is 79.9. The first-order valence-electron chi connectivity index (χ1n) is 7.32. The zero-order chi connectivity index (χ0) is 17.0. The van der Waals surface area contributed by atoms with Crippen LogP contribution in [0.4, 0.5) is 0 Å². The van der Waals surface area contributed by atoms with Crippen molar-refractivity contribution in [3.05, 3.63) is 58.1 Å². The van der Waals surface area contributed by atoms with Gasteiger partial charge in [0.1, 0.15) is 5.75 Å². The van der Waals surface area contributed by atoms with Crippen LogP contribution in [0, 0.1) is 0 Å². The molecule has 0 amide bonds. The zero-order valence-corrected chi connectivity index (χ0v) is 15.7. The minimum atomic E-state index is -3.61. The van der Waals surface area contributed by atoms with Gasteiger partial charge < -0.3 is 4.74 Å². The standard InChI is InChI=1S/C17H20BrNO3S/c1-4-13-5-7-14(8-6-13)12(2)19-23(20,21)15-9-10-17(22-3)16(18)11-15/h5-12,19H,4H2,1-3H3/t12-/m0/s1. The number of halogens is 1. The van der Waals surface area contributed by atoms with Gasteiger partial charge in [-0.15, -0.1) is 0 Å². The number of hydrogen-bond donors (Lipinski definition) is 1. The maximum Gasteiger partial charge on any atom is 0.241 e. The van der Waals surface area contributed by atoms with Crippen LogP contribution in [0.25, 0.3) is 0 Å². The molecule has 2 rings (SSSR count). The minimum absolute atomic E-state index is 0.196. The zero-order valence-electron chi connectivity index (χ0n) is 13.3. The Morgan fingerprint density at radius 1 is 1.17 bits per heavy atom. The van der Waals surface area contributed by atoms with Crippen molar-refractivity contribution < 1.29 is 13.2 Å². The molecule has 0 heterocycles. The molecule has 4 nitrogen and oxygen atoms in total. The van der Waals surface area contributed by atoms with E-state index in [1.165, 1.54) is 24.8 Å². The van der Waals surface area contributed by atoms with Crippen LogP contribution in [-0.2, 0) is 16.4 Å². The molecule has 0 aromatic heterocycles. The molecule has 23 heavy (non-hydrogen) atoms. The lowest BCUT2D eigenvalue weighted by molar-refractivity contribution is 0.411. The van der Waals surface area contributed by atoms with Crippen molar-refractivity contribution in [2.45, 2.75) is 31.2 Å². The fourth-order valence-corrected chi connectivity index (χ4v) is 4.18. The van der Waals surface area contributed by atoms with E-state index in [2.05, 4.69) is 27.6 Å². The van der Waals surface area contributed by atoms with E-state index in [9.17, 15) is 8.42 Å². The summed E-state index contributed by atoms with van der Waals surface area (Å²) in [5.41, 5.74) is 2.15. The highest BCUT2D eigenvalue weighted by Gasteiger charge is 2.19. The smallest absolute Gasteiger partial charge is 0.241 e. The Hall–Kier alpha value is -1.37. The van der Waals surface area contributed by atoms with Gasteiger partial charge in [0, 0.05) is 6.04 Å². The van der Waals surface area contributed by atoms with Crippen LogP contribution in [0.15, 0.2) is 51.8 Å². The predicted molar refractivity (Wildman–Crippen MR) is 95.3 cm³/mol. The Morgan fingerprint density at radius 3 is 2.35 bits per heavy atom. The predicted octanol–water partition coefficient (Wildman–Crippen LogP) is 4.06. The van der Waals surface area contributed by atoms with Gasteiger partial charge >= 0.3 is 0 Å². The first-order valence-corrected chi connectivity index (χ1v) is 9.59. The second kappa shape index (κ2) is 7.47. The van der Waals surface area contributed by atoms with Crippen LogP contribution in [-0.4, -0.2) is 15.5 Å². The van der Waals surface area contributed by atoms with Gasteiger partial charge in [0.2, 0.25) is 10.0 Å². The van der Waals surface area contributed by atoms with Gasteiger partial charge in [0.05, 0.1) is 16.5 Å². The molecule has 0 unspecified atom stereocenters. The Balaban J connectivity index is 2.21. The molecular formula is C17H20BrNO3S. The van der Waals surface area contributed by atoms with E-state index >= 15 is 0 Å². The Bertz CT molecular complexity index is 773. The summed E-state index contributed by atoms with van der Waals surface area (Å²) in [6, 6.07) is 12.3. The molecule has 0 aliphatic heterocycles. The second-order valence-electron chi connectivity index (χ2n) is 5.23. The summed E-state index contributed by atoms with van der Waals surface area (Å²) in [5.74, 6) is 0.590. The summed E-state index contributed by atoms with van der Waals surface area (Å²) in [5, 5.41) is 0. The molecule has 0 saturated heterocycles. The van der Waals surface area contributed by atoms with Gasteiger partial charge in [-0.3, -0.25) is 0 Å². The number of nitrogens with one attached hydrogen (secondary N) is 1. The van der Waals surface area contributed by atoms with Crippen LogP contribution >= 0.6 is 15.9 Å². The van der Waals surface area contributed by atoms with Crippen molar-refractivity contribution in [1.29, 1.82) is 0 Å². The van der Waals surface area contributed by atoms with Crippen LogP contribution in [0.1, 0.15) is 31.0 Å². The normalized spacial score (nSPS) is 12.9. The molecule has 0 radical (unpaired) electrons. The third-order valence-corrected chi connectivity index (χ3v) is 5.81. The molecule has 124 valence electrons. The van der Waals surface area contributed by atoms with E-state index in [0.29, 0.717) is 10.2 Å². The molecule has 6 heteroatoms.